The van der Waals surface area contributed by atoms with Crippen LogP contribution in [-0.4, -0.2) is 27.0 Å². The highest BCUT2D eigenvalue weighted by Crippen LogP contribution is 2.29. The molecule has 1 aromatic rings. The van der Waals surface area contributed by atoms with E-state index in [0.29, 0.717) is 0 Å². The maximum Gasteiger partial charge on any atom is 0.123 e. The Balaban J connectivity index is 1.82. The number of nitrogens with zero attached hydrogens (tertiary/aromatic N) is 3. The minimum absolute atomic E-state index is 0.880. The van der Waals surface area contributed by atoms with Crippen LogP contribution in [0.3, 0.4) is 0 Å². The number of hydrogen-bond acceptors (Lipinski definition) is 2. The summed E-state index contributed by atoms with van der Waals surface area (Å²) in [5.41, 5.74) is 1.25. The highest BCUT2D eigenvalue weighted by atomic mass is 15.3. The summed E-state index contributed by atoms with van der Waals surface area (Å²) in [6.45, 7) is 5.60. The molecule has 1 aliphatic carbocycles. The second-order valence-corrected chi connectivity index (χ2v) is 4.40. The second kappa shape index (κ2) is 3.09. The van der Waals surface area contributed by atoms with Gasteiger partial charge in [0.25, 0.3) is 0 Å². The van der Waals surface area contributed by atoms with Gasteiger partial charge in [0.1, 0.15) is 5.82 Å². The van der Waals surface area contributed by atoms with Crippen LogP contribution in [0.4, 0.5) is 0 Å². The third-order valence-electron chi connectivity index (χ3n) is 3.31. The molecule has 0 radical (unpaired) electrons. The molecular formula is C11H17N3. The summed E-state index contributed by atoms with van der Waals surface area (Å²) in [5.74, 6) is 1.28. The van der Waals surface area contributed by atoms with E-state index in [1.165, 1.54) is 30.9 Å². The molecule has 0 unspecified atom stereocenters. The molecule has 3 heteroatoms. The minimum atomic E-state index is 0.880. The van der Waals surface area contributed by atoms with Crippen molar-refractivity contribution in [2.24, 2.45) is 0 Å². The fourth-order valence-corrected chi connectivity index (χ4v) is 2.25. The van der Waals surface area contributed by atoms with E-state index in [0.717, 1.165) is 25.6 Å². The van der Waals surface area contributed by atoms with Crippen LogP contribution < -0.4 is 0 Å². The average Bonchev–Trinajstić information content (AvgIpc) is 2.97. The predicted octanol–water partition coefficient (Wildman–Crippen LogP) is 1.42. The molecule has 2 heterocycles. The lowest BCUT2D eigenvalue weighted by molar-refractivity contribution is 0.207. The number of imidazole rings is 1. The van der Waals surface area contributed by atoms with E-state index in [2.05, 4.69) is 27.6 Å². The fraction of sp³-hybridized carbons (Fsp3) is 0.727. The highest BCUT2D eigenvalue weighted by molar-refractivity contribution is 5.07. The molecule has 76 valence electrons. The summed E-state index contributed by atoms with van der Waals surface area (Å²) in [6, 6.07) is 0.880. The molecule has 3 nitrogen and oxygen atoms in total. The van der Waals surface area contributed by atoms with Crippen LogP contribution in [0.25, 0.3) is 0 Å². The van der Waals surface area contributed by atoms with Gasteiger partial charge in [-0.1, -0.05) is 6.92 Å². The van der Waals surface area contributed by atoms with Crippen molar-refractivity contribution in [1.29, 1.82) is 0 Å². The Kier molecular flexibility index (Phi) is 1.87. The third kappa shape index (κ3) is 1.36. The normalized spacial score (nSPS) is 22.4. The topological polar surface area (TPSA) is 21.1 Å². The molecule has 0 amide bonds. The van der Waals surface area contributed by atoms with E-state index in [9.17, 15) is 0 Å². The summed E-state index contributed by atoms with van der Waals surface area (Å²) in [7, 11) is 0. The first-order chi connectivity index (χ1) is 6.86. The summed E-state index contributed by atoms with van der Waals surface area (Å²) in [4.78, 5) is 7.24. The lowest BCUT2D eigenvalue weighted by atomic mass is 10.3. The lowest BCUT2D eigenvalue weighted by Gasteiger charge is -2.27. The molecule has 0 bridgehead atoms. The van der Waals surface area contributed by atoms with Crippen LogP contribution in [0.5, 0.6) is 0 Å². The molecule has 0 N–H and O–H groups in total. The molecular weight excluding hydrogens is 174 g/mol. The number of hydrogen-bond donors (Lipinski definition) is 0. The van der Waals surface area contributed by atoms with Crippen LogP contribution in [0.1, 0.15) is 31.3 Å². The van der Waals surface area contributed by atoms with Crippen molar-refractivity contribution in [3.63, 3.8) is 0 Å². The molecule has 1 aliphatic heterocycles. The summed E-state index contributed by atoms with van der Waals surface area (Å²) in [5, 5.41) is 0. The average molecular weight is 191 g/mol. The van der Waals surface area contributed by atoms with Gasteiger partial charge >= 0.3 is 0 Å². The van der Waals surface area contributed by atoms with Crippen molar-refractivity contribution >= 4 is 0 Å². The van der Waals surface area contributed by atoms with Crippen LogP contribution >= 0.6 is 0 Å². The van der Waals surface area contributed by atoms with Gasteiger partial charge in [0.05, 0.1) is 12.2 Å². The Hall–Kier alpha value is -0.830. The monoisotopic (exact) mass is 191 g/mol. The van der Waals surface area contributed by atoms with Gasteiger partial charge in [0.15, 0.2) is 0 Å². The quantitative estimate of drug-likeness (QED) is 0.705. The molecule has 1 fully saturated rings. The smallest absolute Gasteiger partial charge is 0.123 e. The molecule has 2 aliphatic rings. The minimum Gasteiger partial charge on any atom is -0.332 e. The number of aryl methyl sites for hydroxylation is 1. The molecule has 1 saturated carbocycles. The predicted molar refractivity (Wildman–Crippen MR) is 55.0 cm³/mol. The molecule has 0 atom stereocenters. The van der Waals surface area contributed by atoms with Gasteiger partial charge in [0, 0.05) is 25.3 Å². The molecule has 3 rings (SSSR count). The zero-order valence-electron chi connectivity index (χ0n) is 8.74. The van der Waals surface area contributed by atoms with Crippen molar-refractivity contribution in [3.8, 4) is 0 Å². The van der Waals surface area contributed by atoms with Gasteiger partial charge in [-0.2, -0.15) is 0 Å². The molecule has 0 saturated heterocycles. The maximum atomic E-state index is 4.65. The lowest BCUT2D eigenvalue weighted by Crippen LogP contribution is -2.35. The number of rotatable bonds is 2. The zero-order chi connectivity index (χ0) is 9.54. The van der Waals surface area contributed by atoms with E-state index in [1.54, 1.807) is 0 Å². The zero-order valence-corrected chi connectivity index (χ0v) is 8.74. The number of aromatic nitrogens is 2. The molecule has 0 spiro atoms. The maximum absolute atomic E-state index is 4.65. The van der Waals surface area contributed by atoms with Crippen molar-refractivity contribution in [2.75, 3.05) is 6.54 Å². The van der Waals surface area contributed by atoms with Crippen LogP contribution in [0, 0.1) is 0 Å². The van der Waals surface area contributed by atoms with E-state index in [1.807, 2.05) is 0 Å². The van der Waals surface area contributed by atoms with E-state index < -0.39 is 0 Å². The van der Waals surface area contributed by atoms with Gasteiger partial charge in [-0.3, -0.25) is 4.90 Å². The van der Waals surface area contributed by atoms with Gasteiger partial charge in [-0.25, -0.2) is 4.98 Å². The van der Waals surface area contributed by atoms with Crippen LogP contribution in [0.2, 0.25) is 0 Å². The Labute approximate surface area is 84.7 Å². The van der Waals surface area contributed by atoms with Crippen LogP contribution in [0.15, 0.2) is 6.20 Å². The fourth-order valence-electron chi connectivity index (χ4n) is 2.25. The Morgan fingerprint density at radius 2 is 2.29 bits per heavy atom. The van der Waals surface area contributed by atoms with E-state index in [4.69, 9.17) is 0 Å². The van der Waals surface area contributed by atoms with E-state index in [-0.39, 0.29) is 0 Å². The standard InChI is InChI=1S/C11H17N3/c1-2-9-7-14-6-5-13(10-3-4-10)8-11(14)12-9/h7,10H,2-6,8H2,1H3. The third-order valence-corrected chi connectivity index (χ3v) is 3.31. The first kappa shape index (κ1) is 8.48. The van der Waals surface area contributed by atoms with Crippen molar-refractivity contribution < 1.29 is 0 Å². The van der Waals surface area contributed by atoms with Gasteiger partial charge < -0.3 is 4.57 Å². The van der Waals surface area contributed by atoms with Gasteiger partial charge in [0.2, 0.25) is 0 Å². The van der Waals surface area contributed by atoms with Crippen molar-refractivity contribution in [1.82, 2.24) is 14.5 Å². The van der Waals surface area contributed by atoms with Crippen LogP contribution in [-0.2, 0) is 19.5 Å². The molecule has 1 aromatic heterocycles. The first-order valence-corrected chi connectivity index (χ1v) is 5.66. The summed E-state index contributed by atoms with van der Waals surface area (Å²) in [6.07, 6.45) is 6.09. The molecule has 14 heavy (non-hydrogen) atoms. The Morgan fingerprint density at radius 1 is 1.43 bits per heavy atom. The largest absolute Gasteiger partial charge is 0.332 e. The SMILES string of the molecule is CCc1cn2c(n1)CN(C1CC1)CC2. The highest BCUT2D eigenvalue weighted by Gasteiger charge is 2.31. The Bertz CT molecular complexity index is 338. The summed E-state index contributed by atoms with van der Waals surface area (Å²) < 4.78 is 2.33. The molecule has 0 aromatic carbocycles. The Morgan fingerprint density at radius 3 is 3.00 bits per heavy atom. The first-order valence-electron chi connectivity index (χ1n) is 5.66. The number of fused-ring (bicyclic) bond motifs is 1. The van der Waals surface area contributed by atoms with Gasteiger partial charge in [-0.15, -0.1) is 0 Å². The van der Waals surface area contributed by atoms with Gasteiger partial charge in [-0.05, 0) is 19.3 Å². The van der Waals surface area contributed by atoms with Crippen molar-refractivity contribution in [3.05, 3.63) is 17.7 Å². The second-order valence-electron chi connectivity index (χ2n) is 4.40. The van der Waals surface area contributed by atoms with Crippen molar-refractivity contribution in [2.45, 2.75) is 45.3 Å². The van der Waals surface area contributed by atoms with E-state index >= 15 is 0 Å². The summed E-state index contributed by atoms with van der Waals surface area (Å²) >= 11 is 0.